The first-order valence-corrected chi connectivity index (χ1v) is 5.79. The van der Waals surface area contributed by atoms with E-state index in [2.05, 4.69) is 30.0 Å². The van der Waals surface area contributed by atoms with Gasteiger partial charge in [-0.25, -0.2) is 4.98 Å². The Morgan fingerprint density at radius 3 is 2.79 bits per heavy atom. The molecule has 2 heteroatoms. The van der Waals surface area contributed by atoms with Gasteiger partial charge < -0.3 is 4.98 Å². The standard InChI is InChI=1S/C12H20N2/c1-3-6-11-13-9-10(14-11)12(2)7-4-5-8-12/h9H,3-8H2,1-2H3,(H,13,14). The van der Waals surface area contributed by atoms with E-state index >= 15 is 0 Å². The molecule has 1 heterocycles. The van der Waals surface area contributed by atoms with E-state index in [0.717, 1.165) is 12.2 Å². The number of nitrogens with zero attached hydrogens (tertiary/aromatic N) is 1. The van der Waals surface area contributed by atoms with Gasteiger partial charge in [0.05, 0.1) is 0 Å². The highest BCUT2D eigenvalue weighted by molar-refractivity contribution is 5.16. The van der Waals surface area contributed by atoms with E-state index in [1.807, 2.05) is 0 Å². The van der Waals surface area contributed by atoms with Crippen molar-refractivity contribution >= 4 is 0 Å². The molecular formula is C12H20N2. The van der Waals surface area contributed by atoms with Crippen molar-refractivity contribution < 1.29 is 0 Å². The highest BCUT2D eigenvalue weighted by Gasteiger charge is 2.31. The second kappa shape index (κ2) is 3.76. The van der Waals surface area contributed by atoms with Crippen molar-refractivity contribution in [1.82, 2.24) is 9.97 Å². The molecule has 0 aromatic carbocycles. The summed E-state index contributed by atoms with van der Waals surface area (Å²) in [5, 5.41) is 0. The van der Waals surface area contributed by atoms with Gasteiger partial charge in [0.2, 0.25) is 0 Å². The third-order valence-corrected chi connectivity index (χ3v) is 3.47. The summed E-state index contributed by atoms with van der Waals surface area (Å²) < 4.78 is 0. The molecule has 1 aliphatic carbocycles. The van der Waals surface area contributed by atoms with Crippen molar-refractivity contribution in [2.75, 3.05) is 0 Å². The summed E-state index contributed by atoms with van der Waals surface area (Å²) >= 11 is 0. The fraction of sp³-hybridized carbons (Fsp3) is 0.750. The van der Waals surface area contributed by atoms with E-state index in [0.29, 0.717) is 5.41 Å². The van der Waals surface area contributed by atoms with Crippen LogP contribution in [-0.2, 0) is 11.8 Å². The van der Waals surface area contributed by atoms with Gasteiger partial charge in [-0.1, -0.05) is 26.7 Å². The summed E-state index contributed by atoms with van der Waals surface area (Å²) in [5.41, 5.74) is 1.75. The Hall–Kier alpha value is -0.790. The molecule has 78 valence electrons. The largest absolute Gasteiger partial charge is 0.345 e. The predicted octanol–water partition coefficient (Wildman–Crippen LogP) is 3.19. The molecule has 0 amide bonds. The second-order valence-corrected chi connectivity index (χ2v) is 4.76. The lowest BCUT2D eigenvalue weighted by molar-refractivity contribution is 0.477. The summed E-state index contributed by atoms with van der Waals surface area (Å²) in [6, 6.07) is 0. The van der Waals surface area contributed by atoms with Gasteiger partial charge in [0.25, 0.3) is 0 Å². The van der Waals surface area contributed by atoms with Crippen molar-refractivity contribution in [2.45, 2.75) is 57.8 Å². The molecule has 14 heavy (non-hydrogen) atoms. The molecular weight excluding hydrogens is 172 g/mol. The smallest absolute Gasteiger partial charge is 0.106 e. The fourth-order valence-corrected chi connectivity index (χ4v) is 2.46. The molecule has 1 fully saturated rings. The van der Waals surface area contributed by atoms with Crippen LogP contribution >= 0.6 is 0 Å². The lowest BCUT2D eigenvalue weighted by atomic mass is 9.86. The molecule has 0 aliphatic heterocycles. The van der Waals surface area contributed by atoms with Crippen LogP contribution in [0.3, 0.4) is 0 Å². The molecule has 2 rings (SSSR count). The number of aryl methyl sites for hydroxylation is 1. The van der Waals surface area contributed by atoms with Crippen LogP contribution in [0.5, 0.6) is 0 Å². The number of nitrogens with one attached hydrogen (secondary N) is 1. The first-order chi connectivity index (χ1) is 6.74. The zero-order valence-corrected chi connectivity index (χ0v) is 9.27. The molecule has 1 saturated carbocycles. The number of hydrogen-bond donors (Lipinski definition) is 1. The number of imidazole rings is 1. The molecule has 0 unspecified atom stereocenters. The maximum atomic E-state index is 4.44. The number of H-pyrrole nitrogens is 1. The number of aromatic nitrogens is 2. The van der Waals surface area contributed by atoms with Gasteiger partial charge in [0.1, 0.15) is 5.82 Å². The Kier molecular flexibility index (Phi) is 2.62. The summed E-state index contributed by atoms with van der Waals surface area (Å²) in [6.07, 6.45) is 9.69. The quantitative estimate of drug-likeness (QED) is 0.782. The van der Waals surface area contributed by atoms with Gasteiger partial charge in [-0.2, -0.15) is 0 Å². The highest BCUT2D eigenvalue weighted by Crippen LogP contribution is 2.39. The topological polar surface area (TPSA) is 28.7 Å². The first-order valence-electron chi connectivity index (χ1n) is 5.79. The van der Waals surface area contributed by atoms with E-state index in [1.54, 1.807) is 0 Å². The van der Waals surface area contributed by atoms with Gasteiger partial charge in [0, 0.05) is 23.7 Å². The minimum absolute atomic E-state index is 0.388. The number of aromatic amines is 1. The number of rotatable bonds is 3. The minimum Gasteiger partial charge on any atom is -0.345 e. The number of hydrogen-bond acceptors (Lipinski definition) is 1. The van der Waals surface area contributed by atoms with E-state index in [4.69, 9.17) is 0 Å². The van der Waals surface area contributed by atoms with Crippen molar-refractivity contribution in [2.24, 2.45) is 0 Å². The van der Waals surface area contributed by atoms with Crippen LogP contribution in [0.4, 0.5) is 0 Å². The average Bonchev–Trinajstić information content (AvgIpc) is 2.75. The van der Waals surface area contributed by atoms with E-state index in [9.17, 15) is 0 Å². The molecule has 2 nitrogen and oxygen atoms in total. The van der Waals surface area contributed by atoms with E-state index in [1.165, 1.54) is 37.8 Å². The first kappa shape index (κ1) is 9.75. The third kappa shape index (κ3) is 1.70. The van der Waals surface area contributed by atoms with E-state index in [-0.39, 0.29) is 0 Å². The Labute approximate surface area is 86.1 Å². The molecule has 1 aromatic heterocycles. The third-order valence-electron chi connectivity index (χ3n) is 3.47. The van der Waals surface area contributed by atoms with E-state index < -0.39 is 0 Å². The maximum Gasteiger partial charge on any atom is 0.106 e. The maximum absolute atomic E-state index is 4.44. The molecule has 0 radical (unpaired) electrons. The van der Waals surface area contributed by atoms with Crippen LogP contribution in [0.15, 0.2) is 6.20 Å². The van der Waals surface area contributed by atoms with Crippen molar-refractivity contribution in [1.29, 1.82) is 0 Å². The molecule has 1 aromatic rings. The Bertz CT molecular complexity index is 295. The predicted molar refractivity (Wildman–Crippen MR) is 58.4 cm³/mol. The summed E-state index contributed by atoms with van der Waals surface area (Å²) in [4.78, 5) is 7.93. The van der Waals surface area contributed by atoms with Crippen molar-refractivity contribution in [3.05, 3.63) is 17.7 Å². The van der Waals surface area contributed by atoms with Gasteiger partial charge in [-0.15, -0.1) is 0 Å². The Morgan fingerprint density at radius 2 is 2.14 bits per heavy atom. The summed E-state index contributed by atoms with van der Waals surface area (Å²) in [7, 11) is 0. The summed E-state index contributed by atoms with van der Waals surface area (Å²) in [6.45, 7) is 4.56. The average molecular weight is 192 g/mol. The SMILES string of the molecule is CCCc1ncc(C2(C)CCCC2)[nH]1. The zero-order chi connectivity index (χ0) is 10.0. The second-order valence-electron chi connectivity index (χ2n) is 4.76. The molecule has 0 atom stereocenters. The lowest BCUT2D eigenvalue weighted by Crippen LogP contribution is -2.17. The lowest BCUT2D eigenvalue weighted by Gasteiger charge is -2.21. The molecule has 1 N–H and O–H groups in total. The normalized spacial score (nSPS) is 20.1. The molecule has 0 bridgehead atoms. The van der Waals surface area contributed by atoms with Gasteiger partial charge in [-0.05, 0) is 19.3 Å². The van der Waals surface area contributed by atoms with Gasteiger partial charge in [-0.3, -0.25) is 0 Å². The Balaban J connectivity index is 2.15. The minimum atomic E-state index is 0.388. The van der Waals surface area contributed by atoms with Crippen LogP contribution in [0.2, 0.25) is 0 Å². The van der Waals surface area contributed by atoms with Crippen LogP contribution in [0.25, 0.3) is 0 Å². The Morgan fingerprint density at radius 1 is 1.43 bits per heavy atom. The van der Waals surface area contributed by atoms with Crippen LogP contribution in [0.1, 0.15) is 57.5 Å². The fourth-order valence-electron chi connectivity index (χ4n) is 2.46. The van der Waals surface area contributed by atoms with Crippen molar-refractivity contribution in [3.8, 4) is 0 Å². The summed E-state index contributed by atoms with van der Waals surface area (Å²) in [5.74, 6) is 1.16. The monoisotopic (exact) mass is 192 g/mol. The van der Waals surface area contributed by atoms with Crippen LogP contribution in [-0.4, -0.2) is 9.97 Å². The highest BCUT2D eigenvalue weighted by atomic mass is 14.9. The van der Waals surface area contributed by atoms with Gasteiger partial charge in [0.15, 0.2) is 0 Å². The zero-order valence-electron chi connectivity index (χ0n) is 9.27. The van der Waals surface area contributed by atoms with Crippen LogP contribution < -0.4 is 0 Å². The van der Waals surface area contributed by atoms with Gasteiger partial charge >= 0.3 is 0 Å². The van der Waals surface area contributed by atoms with Crippen molar-refractivity contribution in [3.63, 3.8) is 0 Å². The molecule has 0 spiro atoms. The molecule has 1 aliphatic rings. The molecule has 0 saturated heterocycles. The van der Waals surface area contributed by atoms with Crippen LogP contribution in [0, 0.1) is 0 Å².